The van der Waals surface area contributed by atoms with Gasteiger partial charge in [0.25, 0.3) is 0 Å². The van der Waals surface area contributed by atoms with Gasteiger partial charge in [-0.3, -0.25) is 19.3 Å². The third-order valence-corrected chi connectivity index (χ3v) is 2.32. The van der Waals surface area contributed by atoms with Crippen molar-refractivity contribution in [3.8, 4) is 0 Å². The third-order valence-electron chi connectivity index (χ3n) is 2.32. The average molecular weight is 263 g/mol. The maximum Gasteiger partial charge on any atom is 0.338 e. The highest BCUT2D eigenvalue weighted by Gasteiger charge is 2.18. The highest BCUT2D eigenvalue weighted by Crippen LogP contribution is 2.11. The molecule has 0 bridgehead atoms. The number of ether oxygens (including phenoxy) is 1. The predicted molar refractivity (Wildman–Crippen MR) is 65.6 cm³/mol. The van der Waals surface area contributed by atoms with E-state index in [0.29, 0.717) is 4.90 Å². The van der Waals surface area contributed by atoms with E-state index in [-0.39, 0.29) is 30.6 Å². The molecule has 0 unspecified atom stereocenters. The second-order valence-electron chi connectivity index (χ2n) is 3.57. The number of hydrogen-bond acceptors (Lipinski definition) is 5. The standard InChI is InChI=1S/C13H13NO5/c1-2-19-13(18)11-6-4-3-5-10(11)12(17)7-14(8-15)9-16/h3-6,8-9H,2,7H2,1H3. The minimum atomic E-state index is -0.616. The quantitative estimate of drug-likeness (QED) is 0.410. The number of Topliss-reactive ketones (excluding diaryl/α,β-unsaturated/α-hetero) is 1. The van der Waals surface area contributed by atoms with E-state index in [2.05, 4.69) is 0 Å². The van der Waals surface area contributed by atoms with Crippen LogP contribution < -0.4 is 0 Å². The molecule has 0 N–H and O–H groups in total. The number of carbonyl (C=O) groups is 4. The van der Waals surface area contributed by atoms with Crippen LogP contribution in [0.3, 0.4) is 0 Å². The highest BCUT2D eigenvalue weighted by atomic mass is 16.5. The molecule has 1 aromatic carbocycles. The lowest BCUT2D eigenvalue weighted by atomic mass is 10.0. The van der Waals surface area contributed by atoms with E-state index in [4.69, 9.17) is 4.74 Å². The summed E-state index contributed by atoms with van der Waals surface area (Å²) in [5.74, 6) is -1.13. The molecule has 0 spiro atoms. The van der Waals surface area contributed by atoms with Crippen LogP contribution in [0.1, 0.15) is 27.6 Å². The van der Waals surface area contributed by atoms with Crippen molar-refractivity contribution in [3.63, 3.8) is 0 Å². The van der Waals surface area contributed by atoms with E-state index in [0.717, 1.165) is 0 Å². The number of rotatable bonds is 7. The lowest BCUT2D eigenvalue weighted by Crippen LogP contribution is -2.28. The molecule has 0 aliphatic carbocycles. The monoisotopic (exact) mass is 263 g/mol. The normalized spacial score (nSPS) is 9.53. The van der Waals surface area contributed by atoms with Crippen LogP contribution in [0.5, 0.6) is 0 Å². The zero-order valence-corrected chi connectivity index (χ0v) is 10.4. The van der Waals surface area contributed by atoms with Crippen molar-refractivity contribution in [2.45, 2.75) is 6.92 Å². The summed E-state index contributed by atoms with van der Waals surface area (Å²) < 4.78 is 4.83. The van der Waals surface area contributed by atoms with Crippen molar-refractivity contribution >= 4 is 24.6 Å². The fourth-order valence-electron chi connectivity index (χ4n) is 1.46. The van der Waals surface area contributed by atoms with Gasteiger partial charge in [-0.05, 0) is 13.0 Å². The van der Waals surface area contributed by atoms with Gasteiger partial charge in [-0.2, -0.15) is 0 Å². The first-order chi connectivity index (χ1) is 9.13. The molecule has 0 fully saturated rings. The molecule has 0 atom stereocenters. The molecule has 2 amide bonds. The van der Waals surface area contributed by atoms with E-state index in [1.807, 2.05) is 0 Å². The molecule has 1 aromatic rings. The number of hydrogen-bond donors (Lipinski definition) is 0. The summed E-state index contributed by atoms with van der Waals surface area (Å²) in [4.78, 5) is 45.2. The van der Waals surface area contributed by atoms with Crippen LogP contribution in [0.15, 0.2) is 24.3 Å². The molecule has 0 saturated carbocycles. The summed E-state index contributed by atoms with van der Waals surface area (Å²) in [5, 5.41) is 0. The predicted octanol–water partition coefficient (Wildman–Crippen LogP) is 0.661. The van der Waals surface area contributed by atoms with Crippen LogP contribution in [-0.2, 0) is 14.3 Å². The molecule has 6 heteroatoms. The SMILES string of the molecule is CCOC(=O)c1ccccc1C(=O)CN(C=O)C=O. The second-order valence-corrected chi connectivity index (χ2v) is 3.57. The van der Waals surface area contributed by atoms with Crippen molar-refractivity contribution < 1.29 is 23.9 Å². The summed E-state index contributed by atoms with van der Waals surface area (Å²) in [6.07, 6.45) is 0.496. The molecule has 0 aliphatic rings. The highest BCUT2D eigenvalue weighted by molar-refractivity contribution is 6.08. The van der Waals surface area contributed by atoms with Gasteiger partial charge in [-0.1, -0.05) is 18.2 Å². The van der Waals surface area contributed by atoms with E-state index >= 15 is 0 Å². The van der Waals surface area contributed by atoms with Crippen molar-refractivity contribution in [3.05, 3.63) is 35.4 Å². The maximum atomic E-state index is 11.9. The van der Waals surface area contributed by atoms with Crippen LogP contribution in [0.4, 0.5) is 0 Å². The minimum Gasteiger partial charge on any atom is -0.462 e. The third kappa shape index (κ3) is 3.74. The molecular formula is C13H13NO5. The van der Waals surface area contributed by atoms with Crippen molar-refractivity contribution in [2.24, 2.45) is 0 Å². The minimum absolute atomic E-state index is 0.117. The first kappa shape index (κ1) is 14.6. The number of amides is 2. The molecule has 19 heavy (non-hydrogen) atoms. The molecule has 0 radical (unpaired) electrons. The number of imide groups is 1. The van der Waals surface area contributed by atoms with E-state index < -0.39 is 18.3 Å². The van der Waals surface area contributed by atoms with Crippen molar-refractivity contribution in [1.82, 2.24) is 4.90 Å². The van der Waals surface area contributed by atoms with Crippen LogP contribution in [-0.4, -0.2) is 42.6 Å². The summed E-state index contributed by atoms with van der Waals surface area (Å²) in [7, 11) is 0. The Kier molecular flexibility index (Phi) is 5.40. The number of esters is 1. The van der Waals surface area contributed by atoms with Gasteiger partial charge in [-0.25, -0.2) is 4.79 Å². The Balaban J connectivity index is 2.99. The van der Waals surface area contributed by atoms with Gasteiger partial charge in [0.05, 0.1) is 18.7 Å². The Bertz CT molecular complexity index is 490. The molecule has 1 rings (SSSR count). The first-order valence-corrected chi connectivity index (χ1v) is 5.59. The number of carbonyl (C=O) groups excluding carboxylic acids is 4. The van der Waals surface area contributed by atoms with Gasteiger partial charge in [-0.15, -0.1) is 0 Å². The Morgan fingerprint density at radius 3 is 2.26 bits per heavy atom. The molecule has 6 nitrogen and oxygen atoms in total. The Morgan fingerprint density at radius 1 is 1.16 bits per heavy atom. The number of benzene rings is 1. The molecule has 0 aliphatic heterocycles. The smallest absolute Gasteiger partial charge is 0.338 e. The lowest BCUT2D eigenvalue weighted by Gasteiger charge is -2.10. The summed E-state index contributed by atoms with van der Waals surface area (Å²) in [5.41, 5.74) is 0.237. The number of ketones is 1. The molecule has 0 aromatic heterocycles. The molecule has 0 heterocycles. The average Bonchev–Trinajstić information content (AvgIpc) is 2.44. The zero-order chi connectivity index (χ0) is 14.3. The van der Waals surface area contributed by atoms with Crippen molar-refractivity contribution in [2.75, 3.05) is 13.2 Å². The van der Waals surface area contributed by atoms with E-state index in [9.17, 15) is 19.2 Å². The van der Waals surface area contributed by atoms with Crippen molar-refractivity contribution in [1.29, 1.82) is 0 Å². The fourth-order valence-corrected chi connectivity index (χ4v) is 1.46. The zero-order valence-electron chi connectivity index (χ0n) is 10.4. The number of nitrogens with zero attached hydrogens (tertiary/aromatic N) is 1. The lowest BCUT2D eigenvalue weighted by molar-refractivity contribution is -0.128. The Morgan fingerprint density at radius 2 is 1.74 bits per heavy atom. The van der Waals surface area contributed by atoms with Gasteiger partial charge in [0.1, 0.15) is 0 Å². The van der Waals surface area contributed by atoms with Crippen LogP contribution in [0.2, 0.25) is 0 Å². The topological polar surface area (TPSA) is 80.8 Å². The van der Waals surface area contributed by atoms with Gasteiger partial charge < -0.3 is 4.74 Å². The Hall–Kier alpha value is -2.50. The largest absolute Gasteiger partial charge is 0.462 e. The fraction of sp³-hybridized carbons (Fsp3) is 0.231. The molecule has 0 saturated heterocycles. The molecule has 100 valence electrons. The van der Waals surface area contributed by atoms with E-state index in [1.54, 1.807) is 19.1 Å². The van der Waals surface area contributed by atoms with Crippen LogP contribution in [0.25, 0.3) is 0 Å². The maximum absolute atomic E-state index is 11.9. The summed E-state index contributed by atoms with van der Waals surface area (Å²) in [6.45, 7) is 1.43. The summed E-state index contributed by atoms with van der Waals surface area (Å²) in [6, 6.07) is 6.09. The first-order valence-electron chi connectivity index (χ1n) is 5.59. The van der Waals surface area contributed by atoms with Crippen LogP contribution >= 0.6 is 0 Å². The molecular weight excluding hydrogens is 250 g/mol. The summed E-state index contributed by atoms with van der Waals surface area (Å²) >= 11 is 0. The van der Waals surface area contributed by atoms with Gasteiger partial charge in [0.2, 0.25) is 12.8 Å². The van der Waals surface area contributed by atoms with Gasteiger partial charge >= 0.3 is 5.97 Å². The Labute approximate surface area is 110 Å². The van der Waals surface area contributed by atoms with Gasteiger partial charge in [0, 0.05) is 5.56 Å². The van der Waals surface area contributed by atoms with E-state index in [1.165, 1.54) is 12.1 Å². The second kappa shape index (κ2) is 7.05. The van der Waals surface area contributed by atoms with Gasteiger partial charge in [0.15, 0.2) is 5.78 Å². The van der Waals surface area contributed by atoms with Crippen LogP contribution in [0, 0.1) is 0 Å².